The van der Waals surface area contributed by atoms with E-state index in [0.717, 1.165) is 5.75 Å². The number of aromatic nitrogens is 1. The van der Waals surface area contributed by atoms with Gasteiger partial charge in [-0.15, -0.1) is 0 Å². The zero-order valence-corrected chi connectivity index (χ0v) is 9.34. The van der Waals surface area contributed by atoms with Crippen LogP contribution in [0.1, 0.15) is 17.3 Å². The van der Waals surface area contributed by atoms with Crippen LogP contribution in [0.3, 0.4) is 0 Å². The van der Waals surface area contributed by atoms with Crippen molar-refractivity contribution in [2.24, 2.45) is 0 Å². The summed E-state index contributed by atoms with van der Waals surface area (Å²) < 4.78 is 9.89. The lowest BCUT2D eigenvalue weighted by Gasteiger charge is -2.05. The maximum absolute atomic E-state index is 11.6. The van der Waals surface area contributed by atoms with Gasteiger partial charge in [0.05, 0.1) is 18.4 Å². The highest BCUT2D eigenvalue weighted by Gasteiger charge is 2.07. The highest BCUT2D eigenvalue weighted by molar-refractivity contribution is 6.03. The Bertz CT molecular complexity index is 477. The van der Waals surface area contributed by atoms with Gasteiger partial charge < -0.3 is 14.6 Å². The predicted octanol–water partition coefficient (Wildman–Crippen LogP) is 2.33. The number of benzene rings is 1. The summed E-state index contributed by atoms with van der Waals surface area (Å²) in [6.45, 7) is 2.54. The van der Waals surface area contributed by atoms with Crippen LogP contribution < -0.4 is 10.1 Å². The summed E-state index contributed by atoms with van der Waals surface area (Å²) in [5, 5.41) is 6.19. The van der Waals surface area contributed by atoms with Gasteiger partial charge in [-0.3, -0.25) is 4.79 Å². The van der Waals surface area contributed by atoms with Crippen LogP contribution in [0.15, 0.2) is 41.2 Å². The Kier molecular flexibility index (Phi) is 3.40. The van der Waals surface area contributed by atoms with Gasteiger partial charge in [0.2, 0.25) is 0 Å². The second-order valence-corrected chi connectivity index (χ2v) is 3.32. The highest BCUT2D eigenvalue weighted by atomic mass is 16.5. The Morgan fingerprint density at radius 1 is 1.41 bits per heavy atom. The van der Waals surface area contributed by atoms with E-state index >= 15 is 0 Å². The number of nitrogens with zero attached hydrogens (tertiary/aromatic N) is 1. The Morgan fingerprint density at radius 3 is 2.76 bits per heavy atom. The molecule has 5 nitrogen and oxygen atoms in total. The van der Waals surface area contributed by atoms with Crippen LogP contribution in [0.5, 0.6) is 5.75 Å². The van der Waals surface area contributed by atoms with E-state index in [2.05, 4.69) is 15.0 Å². The van der Waals surface area contributed by atoms with Crippen LogP contribution in [0.4, 0.5) is 5.69 Å². The molecule has 1 aromatic heterocycles. The molecule has 0 aliphatic carbocycles. The second kappa shape index (κ2) is 5.16. The summed E-state index contributed by atoms with van der Waals surface area (Å²) in [5.74, 6) is 0.519. The van der Waals surface area contributed by atoms with E-state index in [0.29, 0.717) is 17.9 Å². The Balaban J connectivity index is 2.01. The summed E-state index contributed by atoms with van der Waals surface area (Å²) in [7, 11) is 0. The van der Waals surface area contributed by atoms with E-state index in [1.807, 2.05) is 6.92 Å². The monoisotopic (exact) mass is 232 g/mol. The first kappa shape index (κ1) is 11.2. The second-order valence-electron chi connectivity index (χ2n) is 3.32. The van der Waals surface area contributed by atoms with Crippen LogP contribution >= 0.6 is 0 Å². The van der Waals surface area contributed by atoms with Crippen molar-refractivity contribution >= 4 is 11.6 Å². The van der Waals surface area contributed by atoms with Crippen molar-refractivity contribution in [1.82, 2.24) is 5.16 Å². The van der Waals surface area contributed by atoms with Gasteiger partial charge in [-0.25, -0.2) is 0 Å². The third-order valence-corrected chi connectivity index (χ3v) is 2.12. The molecule has 1 heterocycles. The number of ether oxygens (including phenoxy) is 1. The van der Waals surface area contributed by atoms with Gasteiger partial charge in [0.25, 0.3) is 5.91 Å². The smallest absolute Gasteiger partial charge is 0.260 e. The number of rotatable bonds is 4. The summed E-state index contributed by atoms with van der Waals surface area (Å²) in [6.07, 6.45) is 2.66. The van der Waals surface area contributed by atoms with Gasteiger partial charge in [-0.2, -0.15) is 0 Å². The molecule has 5 heteroatoms. The molecule has 0 saturated heterocycles. The fraction of sp³-hybridized carbons (Fsp3) is 0.167. The lowest BCUT2D eigenvalue weighted by atomic mass is 10.2. The maximum Gasteiger partial charge on any atom is 0.260 e. The molecule has 88 valence electrons. The first-order chi connectivity index (χ1) is 8.29. The molecule has 1 amide bonds. The van der Waals surface area contributed by atoms with E-state index in [4.69, 9.17) is 4.74 Å². The zero-order chi connectivity index (χ0) is 12.1. The number of hydrogen-bond acceptors (Lipinski definition) is 4. The van der Waals surface area contributed by atoms with E-state index in [1.54, 1.807) is 24.3 Å². The average Bonchev–Trinajstić information content (AvgIpc) is 2.86. The molecule has 0 radical (unpaired) electrons. The molecule has 2 rings (SSSR count). The molecule has 1 N–H and O–H groups in total. The quantitative estimate of drug-likeness (QED) is 0.878. The Hall–Kier alpha value is -2.30. The minimum atomic E-state index is -0.254. The molecule has 0 bridgehead atoms. The van der Waals surface area contributed by atoms with E-state index in [1.165, 1.54) is 12.5 Å². The molecule has 0 aliphatic rings. The van der Waals surface area contributed by atoms with Crippen molar-refractivity contribution < 1.29 is 14.1 Å². The molecule has 17 heavy (non-hydrogen) atoms. The highest BCUT2D eigenvalue weighted by Crippen LogP contribution is 2.16. The summed E-state index contributed by atoms with van der Waals surface area (Å²) >= 11 is 0. The molecular weight excluding hydrogens is 220 g/mol. The first-order valence-corrected chi connectivity index (χ1v) is 5.23. The topological polar surface area (TPSA) is 64.4 Å². The van der Waals surface area contributed by atoms with Gasteiger partial charge in [0.15, 0.2) is 0 Å². The fourth-order valence-electron chi connectivity index (χ4n) is 1.32. The zero-order valence-electron chi connectivity index (χ0n) is 9.34. The van der Waals surface area contributed by atoms with Gasteiger partial charge in [0.1, 0.15) is 12.0 Å². The van der Waals surface area contributed by atoms with E-state index in [9.17, 15) is 4.79 Å². The predicted molar refractivity (Wildman–Crippen MR) is 62.1 cm³/mol. The third kappa shape index (κ3) is 2.84. The Morgan fingerprint density at radius 2 is 2.18 bits per heavy atom. The molecule has 0 atom stereocenters. The SMILES string of the molecule is CCOc1ccc(NC(=O)c2cnoc2)cc1. The number of anilines is 1. The molecule has 1 aromatic carbocycles. The van der Waals surface area contributed by atoms with Crippen molar-refractivity contribution in [3.05, 3.63) is 42.3 Å². The summed E-state index contributed by atoms with van der Waals surface area (Å²) in [4.78, 5) is 11.6. The van der Waals surface area contributed by atoms with Crippen LogP contribution in [-0.2, 0) is 0 Å². The Labute approximate surface area is 98.4 Å². The first-order valence-electron chi connectivity index (χ1n) is 5.23. The van der Waals surface area contributed by atoms with Crippen LogP contribution in [0.25, 0.3) is 0 Å². The number of hydrogen-bond donors (Lipinski definition) is 1. The number of nitrogens with one attached hydrogen (secondary N) is 1. The lowest BCUT2D eigenvalue weighted by molar-refractivity contribution is 0.102. The molecule has 0 unspecified atom stereocenters. The molecule has 2 aromatic rings. The molecule has 0 aliphatic heterocycles. The van der Waals surface area contributed by atoms with Crippen molar-refractivity contribution in [3.63, 3.8) is 0 Å². The van der Waals surface area contributed by atoms with Gasteiger partial charge in [-0.1, -0.05) is 5.16 Å². The van der Waals surface area contributed by atoms with Crippen molar-refractivity contribution in [3.8, 4) is 5.75 Å². The van der Waals surface area contributed by atoms with E-state index in [-0.39, 0.29) is 5.91 Å². The summed E-state index contributed by atoms with van der Waals surface area (Å²) in [5.41, 5.74) is 1.08. The molecule has 0 saturated carbocycles. The summed E-state index contributed by atoms with van der Waals surface area (Å²) in [6, 6.07) is 7.15. The van der Waals surface area contributed by atoms with Crippen LogP contribution in [-0.4, -0.2) is 17.7 Å². The molecular formula is C12H12N2O3. The minimum Gasteiger partial charge on any atom is -0.494 e. The normalized spacial score (nSPS) is 9.94. The molecule has 0 fully saturated rings. The van der Waals surface area contributed by atoms with Crippen LogP contribution in [0, 0.1) is 0 Å². The van der Waals surface area contributed by atoms with Gasteiger partial charge >= 0.3 is 0 Å². The van der Waals surface area contributed by atoms with Gasteiger partial charge in [0, 0.05) is 5.69 Å². The lowest BCUT2D eigenvalue weighted by Crippen LogP contribution is -2.10. The number of carbonyl (C=O) groups excluding carboxylic acids is 1. The standard InChI is InChI=1S/C12H12N2O3/c1-2-16-11-5-3-10(4-6-11)14-12(15)9-7-13-17-8-9/h3-8H,2H2,1H3,(H,14,15). The number of amides is 1. The number of carbonyl (C=O) groups is 1. The van der Waals surface area contributed by atoms with Crippen molar-refractivity contribution in [2.45, 2.75) is 6.92 Å². The largest absolute Gasteiger partial charge is 0.494 e. The minimum absolute atomic E-state index is 0.254. The van der Waals surface area contributed by atoms with Crippen molar-refractivity contribution in [1.29, 1.82) is 0 Å². The van der Waals surface area contributed by atoms with E-state index < -0.39 is 0 Å². The van der Waals surface area contributed by atoms with Crippen LogP contribution in [0.2, 0.25) is 0 Å². The maximum atomic E-state index is 11.6. The van der Waals surface area contributed by atoms with Gasteiger partial charge in [-0.05, 0) is 31.2 Å². The fourth-order valence-corrected chi connectivity index (χ4v) is 1.32. The average molecular weight is 232 g/mol. The third-order valence-electron chi connectivity index (χ3n) is 2.12. The van der Waals surface area contributed by atoms with Crippen molar-refractivity contribution in [2.75, 3.05) is 11.9 Å². The molecule has 0 spiro atoms.